The van der Waals surface area contributed by atoms with Crippen molar-refractivity contribution in [3.05, 3.63) is 75.7 Å². The predicted molar refractivity (Wildman–Crippen MR) is 113 cm³/mol. The van der Waals surface area contributed by atoms with Crippen LogP contribution >= 0.6 is 23.2 Å². The number of nitrogens with zero attached hydrogens (tertiary/aromatic N) is 4. The Morgan fingerprint density at radius 2 is 1.86 bits per heavy atom. The number of pyridine rings is 1. The van der Waals surface area contributed by atoms with Gasteiger partial charge in [0.1, 0.15) is 29.0 Å². The molecule has 29 heavy (non-hydrogen) atoms. The van der Waals surface area contributed by atoms with E-state index < -0.39 is 0 Å². The summed E-state index contributed by atoms with van der Waals surface area (Å²) in [5.41, 5.74) is 3.33. The van der Waals surface area contributed by atoms with Gasteiger partial charge in [0.2, 0.25) is 0 Å². The number of rotatable bonds is 6. The van der Waals surface area contributed by atoms with Crippen LogP contribution in [0.1, 0.15) is 16.8 Å². The molecule has 4 rings (SSSR count). The highest BCUT2D eigenvalue weighted by molar-refractivity contribution is 6.31. The average molecular weight is 429 g/mol. The molecule has 0 aliphatic rings. The summed E-state index contributed by atoms with van der Waals surface area (Å²) < 4.78 is 12.8. The highest BCUT2D eigenvalue weighted by Crippen LogP contribution is 2.25. The number of aromatic nitrogens is 4. The van der Waals surface area contributed by atoms with Gasteiger partial charge in [-0.05, 0) is 55.0 Å². The molecule has 0 atom stereocenters. The van der Waals surface area contributed by atoms with Crippen LogP contribution in [0.25, 0.3) is 10.9 Å². The van der Waals surface area contributed by atoms with Crippen LogP contribution in [0.2, 0.25) is 10.2 Å². The van der Waals surface area contributed by atoms with Gasteiger partial charge in [-0.3, -0.25) is 0 Å². The van der Waals surface area contributed by atoms with E-state index in [0.717, 1.165) is 33.5 Å². The zero-order chi connectivity index (χ0) is 20.4. The molecule has 0 bridgehead atoms. The zero-order valence-electron chi connectivity index (χ0n) is 15.9. The molecule has 2 aromatic carbocycles. The van der Waals surface area contributed by atoms with Gasteiger partial charge in [-0.15, -0.1) is 5.10 Å². The summed E-state index contributed by atoms with van der Waals surface area (Å²) in [6, 6.07) is 13.2. The minimum absolute atomic E-state index is 0.308. The van der Waals surface area contributed by atoms with Gasteiger partial charge < -0.3 is 9.47 Å². The van der Waals surface area contributed by atoms with Crippen molar-refractivity contribution in [2.24, 2.45) is 0 Å². The molecule has 0 aliphatic heterocycles. The van der Waals surface area contributed by atoms with E-state index in [1.54, 1.807) is 11.8 Å². The summed E-state index contributed by atoms with van der Waals surface area (Å²) >= 11 is 12.4. The second-order valence-electron chi connectivity index (χ2n) is 6.60. The first kappa shape index (κ1) is 19.5. The first-order valence-corrected chi connectivity index (χ1v) is 9.68. The van der Waals surface area contributed by atoms with Crippen molar-refractivity contribution in [3.63, 3.8) is 0 Å². The molecule has 148 valence electrons. The second kappa shape index (κ2) is 8.27. The standard InChI is InChI=1S/C21H18Cl2N4O2/c1-13-7-18(3-5-19(13)22)29-12-16-11-27(26-25-16)10-15-8-14-9-17(28-2)4-6-20(14)24-21(15)23/h3-9,11H,10,12H2,1-2H3. The van der Waals surface area contributed by atoms with E-state index in [2.05, 4.69) is 15.3 Å². The Bertz CT molecular complexity index is 1180. The number of benzene rings is 2. The molecule has 0 amide bonds. The SMILES string of the molecule is COc1ccc2nc(Cl)c(Cn3cc(COc4ccc(Cl)c(C)c4)nn3)cc2c1. The second-order valence-corrected chi connectivity index (χ2v) is 7.37. The molecule has 0 saturated heterocycles. The lowest BCUT2D eigenvalue weighted by Gasteiger charge is -2.07. The molecule has 0 fully saturated rings. The van der Waals surface area contributed by atoms with Gasteiger partial charge in [0, 0.05) is 16.0 Å². The third-order valence-electron chi connectivity index (χ3n) is 4.48. The van der Waals surface area contributed by atoms with E-state index in [1.165, 1.54) is 0 Å². The van der Waals surface area contributed by atoms with Gasteiger partial charge in [-0.1, -0.05) is 28.4 Å². The Morgan fingerprint density at radius 3 is 2.66 bits per heavy atom. The molecular formula is C21H18Cl2N4O2. The van der Waals surface area contributed by atoms with Crippen molar-refractivity contribution in [1.29, 1.82) is 0 Å². The number of hydrogen-bond donors (Lipinski definition) is 0. The number of halogens is 2. The van der Waals surface area contributed by atoms with Crippen LogP contribution in [0.15, 0.2) is 48.7 Å². The summed E-state index contributed by atoms with van der Waals surface area (Å²) in [5, 5.41) is 10.4. The molecule has 0 aliphatic carbocycles. The van der Waals surface area contributed by atoms with E-state index in [-0.39, 0.29) is 0 Å². The number of ether oxygens (including phenoxy) is 2. The number of fused-ring (bicyclic) bond motifs is 1. The number of aryl methyl sites for hydroxylation is 1. The highest BCUT2D eigenvalue weighted by Gasteiger charge is 2.09. The highest BCUT2D eigenvalue weighted by atomic mass is 35.5. The maximum Gasteiger partial charge on any atom is 0.134 e. The molecule has 8 heteroatoms. The monoisotopic (exact) mass is 428 g/mol. The third-order valence-corrected chi connectivity index (χ3v) is 5.23. The first-order valence-electron chi connectivity index (χ1n) is 8.93. The molecule has 0 N–H and O–H groups in total. The minimum Gasteiger partial charge on any atom is -0.497 e. The van der Waals surface area contributed by atoms with Gasteiger partial charge >= 0.3 is 0 Å². The van der Waals surface area contributed by atoms with Crippen molar-refractivity contribution in [2.45, 2.75) is 20.1 Å². The van der Waals surface area contributed by atoms with Crippen LogP contribution in [0, 0.1) is 6.92 Å². The molecule has 0 unspecified atom stereocenters. The summed E-state index contributed by atoms with van der Waals surface area (Å²) in [4.78, 5) is 4.46. The molecule has 0 spiro atoms. The Balaban J connectivity index is 1.48. The van der Waals surface area contributed by atoms with Crippen molar-refractivity contribution >= 4 is 34.1 Å². The molecule has 4 aromatic rings. The van der Waals surface area contributed by atoms with E-state index in [4.69, 9.17) is 32.7 Å². The summed E-state index contributed by atoms with van der Waals surface area (Å²) in [6.07, 6.45) is 1.83. The van der Waals surface area contributed by atoms with Crippen molar-refractivity contribution in [1.82, 2.24) is 20.0 Å². The largest absolute Gasteiger partial charge is 0.497 e. The summed E-state index contributed by atoms with van der Waals surface area (Å²) in [5.74, 6) is 1.50. The molecule has 2 heterocycles. The van der Waals surface area contributed by atoms with Crippen LogP contribution in [0.4, 0.5) is 0 Å². The maximum absolute atomic E-state index is 6.36. The Labute approximate surface area is 178 Å². The predicted octanol–water partition coefficient (Wildman–Crippen LogP) is 5.08. The average Bonchev–Trinajstić information content (AvgIpc) is 3.16. The van der Waals surface area contributed by atoms with Crippen molar-refractivity contribution < 1.29 is 9.47 Å². The Kier molecular flexibility index (Phi) is 5.56. The minimum atomic E-state index is 0.308. The summed E-state index contributed by atoms with van der Waals surface area (Å²) in [7, 11) is 1.63. The quantitative estimate of drug-likeness (QED) is 0.400. The van der Waals surface area contributed by atoms with E-state index in [1.807, 2.05) is 55.6 Å². The molecule has 2 aromatic heterocycles. The van der Waals surface area contributed by atoms with Gasteiger partial charge in [0.05, 0.1) is 25.4 Å². The first-order chi connectivity index (χ1) is 14.0. The number of hydrogen-bond acceptors (Lipinski definition) is 5. The smallest absolute Gasteiger partial charge is 0.134 e. The fourth-order valence-electron chi connectivity index (χ4n) is 2.93. The van der Waals surface area contributed by atoms with E-state index in [9.17, 15) is 0 Å². The normalized spacial score (nSPS) is 11.0. The lowest BCUT2D eigenvalue weighted by Crippen LogP contribution is -2.02. The Hall–Kier alpha value is -2.83. The van der Waals surface area contributed by atoms with Crippen LogP contribution in [-0.2, 0) is 13.2 Å². The third kappa shape index (κ3) is 4.44. The topological polar surface area (TPSA) is 62.1 Å². The van der Waals surface area contributed by atoms with Gasteiger partial charge in [-0.2, -0.15) is 0 Å². The fourth-order valence-corrected chi connectivity index (χ4v) is 3.26. The lowest BCUT2D eigenvalue weighted by molar-refractivity contribution is 0.301. The van der Waals surface area contributed by atoms with Crippen LogP contribution < -0.4 is 9.47 Å². The summed E-state index contributed by atoms with van der Waals surface area (Å²) in [6.45, 7) is 2.69. The Morgan fingerprint density at radius 1 is 1.03 bits per heavy atom. The van der Waals surface area contributed by atoms with Gasteiger partial charge in [0.15, 0.2) is 0 Å². The van der Waals surface area contributed by atoms with Crippen LogP contribution in [-0.4, -0.2) is 27.1 Å². The van der Waals surface area contributed by atoms with E-state index >= 15 is 0 Å². The van der Waals surface area contributed by atoms with E-state index in [0.29, 0.717) is 29.0 Å². The molecule has 0 radical (unpaired) electrons. The van der Waals surface area contributed by atoms with Crippen molar-refractivity contribution in [2.75, 3.05) is 7.11 Å². The molecular weight excluding hydrogens is 411 g/mol. The zero-order valence-corrected chi connectivity index (χ0v) is 17.4. The fraction of sp³-hybridized carbons (Fsp3) is 0.190. The molecule has 6 nitrogen and oxygen atoms in total. The molecule has 0 saturated carbocycles. The lowest BCUT2D eigenvalue weighted by atomic mass is 10.1. The van der Waals surface area contributed by atoms with Crippen LogP contribution in [0.3, 0.4) is 0 Å². The van der Waals surface area contributed by atoms with Crippen molar-refractivity contribution in [3.8, 4) is 11.5 Å². The number of methoxy groups -OCH3 is 1. The van der Waals surface area contributed by atoms with Gasteiger partial charge in [0.25, 0.3) is 0 Å². The maximum atomic E-state index is 6.36. The van der Waals surface area contributed by atoms with Crippen LogP contribution in [0.5, 0.6) is 11.5 Å². The van der Waals surface area contributed by atoms with Gasteiger partial charge in [-0.25, -0.2) is 9.67 Å².